The number of carbonyl (C=O) groups is 3. The van der Waals surface area contributed by atoms with E-state index in [2.05, 4.69) is 13.8 Å². The number of ether oxygens (including phenoxy) is 3. The minimum atomic E-state index is -0.838. The van der Waals surface area contributed by atoms with Crippen LogP contribution in [0, 0.1) is 28.6 Å². The molecule has 0 bridgehead atoms. The molecule has 5 aliphatic rings. The molecule has 0 aromatic carbocycles. The number of hydrogen-bond donors (Lipinski definition) is 1. The predicted octanol–water partition coefficient (Wildman–Crippen LogP) is 5.00. The lowest BCUT2D eigenvalue weighted by Gasteiger charge is -2.61. The summed E-state index contributed by atoms with van der Waals surface area (Å²) in [6, 6.07) is 3.26. The highest BCUT2D eigenvalue weighted by atomic mass is 16.7. The van der Waals surface area contributed by atoms with E-state index >= 15 is 0 Å². The van der Waals surface area contributed by atoms with Gasteiger partial charge in [-0.25, -0.2) is 4.79 Å². The van der Waals surface area contributed by atoms with E-state index in [4.69, 9.17) is 23.7 Å². The minimum Gasteiger partial charge on any atom is -0.481 e. The summed E-state index contributed by atoms with van der Waals surface area (Å²) in [4.78, 5) is 47.1. The van der Waals surface area contributed by atoms with Crippen molar-refractivity contribution in [2.75, 3.05) is 0 Å². The van der Waals surface area contributed by atoms with Crippen molar-refractivity contribution >= 4 is 17.9 Å². The molecule has 1 N–H and O–H groups in total. The first-order valence-electron chi connectivity index (χ1n) is 15.3. The molecule has 224 valence electrons. The number of fused-ring (bicyclic) bond motifs is 3. The average molecular weight is 571 g/mol. The Morgan fingerprint density at radius 3 is 2.49 bits per heavy atom. The van der Waals surface area contributed by atoms with Gasteiger partial charge in [0.1, 0.15) is 23.9 Å². The molecular formula is C32H42O9. The Hall–Kier alpha value is -2.68. The molecule has 0 radical (unpaired) electrons. The van der Waals surface area contributed by atoms with Gasteiger partial charge in [-0.05, 0) is 92.6 Å². The van der Waals surface area contributed by atoms with Crippen LogP contribution in [0.1, 0.15) is 103 Å². The van der Waals surface area contributed by atoms with E-state index in [0.717, 1.165) is 50.5 Å². The van der Waals surface area contributed by atoms with Crippen molar-refractivity contribution < 1.29 is 38.1 Å². The van der Waals surface area contributed by atoms with E-state index in [1.54, 1.807) is 0 Å². The fraction of sp³-hybridized carbons (Fsp3) is 0.750. The number of carbonyl (C=O) groups excluding carboxylic acids is 2. The van der Waals surface area contributed by atoms with Gasteiger partial charge in [0.15, 0.2) is 0 Å². The van der Waals surface area contributed by atoms with Gasteiger partial charge >= 0.3 is 23.5 Å². The summed E-state index contributed by atoms with van der Waals surface area (Å²) in [6.07, 6.45) is 9.01. The third-order valence-corrected chi connectivity index (χ3v) is 11.8. The van der Waals surface area contributed by atoms with E-state index in [1.165, 1.54) is 19.3 Å². The van der Waals surface area contributed by atoms with Crippen LogP contribution in [0.4, 0.5) is 0 Å². The summed E-state index contributed by atoms with van der Waals surface area (Å²) in [7, 11) is 0. The summed E-state index contributed by atoms with van der Waals surface area (Å²) in [5.74, 6) is -0.208. The smallest absolute Gasteiger partial charge is 0.335 e. The van der Waals surface area contributed by atoms with E-state index in [1.807, 2.05) is 6.07 Å². The molecule has 1 saturated heterocycles. The van der Waals surface area contributed by atoms with Crippen molar-refractivity contribution in [3.8, 4) is 0 Å². The van der Waals surface area contributed by atoms with E-state index in [-0.39, 0.29) is 59.3 Å². The molecule has 5 fully saturated rings. The van der Waals surface area contributed by atoms with Crippen LogP contribution in [-0.2, 0) is 28.6 Å². The first kappa shape index (κ1) is 28.4. The van der Waals surface area contributed by atoms with Gasteiger partial charge < -0.3 is 23.7 Å². The summed E-state index contributed by atoms with van der Waals surface area (Å²) in [5, 5.41) is 8.80. The lowest BCUT2D eigenvalue weighted by atomic mass is 9.44. The molecule has 41 heavy (non-hydrogen) atoms. The summed E-state index contributed by atoms with van der Waals surface area (Å²) < 4.78 is 23.8. The monoisotopic (exact) mass is 570 g/mol. The fourth-order valence-electron chi connectivity index (χ4n) is 9.98. The maximum Gasteiger partial charge on any atom is 0.335 e. The zero-order valence-corrected chi connectivity index (χ0v) is 24.3. The molecule has 1 spiro atoms. The van der Waals surface area contributed by atoms with Crippen molar-refractivity contribution in [2.45, 2.75) is 121 Å². The Balaban J connectivity index is 1.18. The van der Waals surface area contributed by atoms with Crippen molar-refractivity contribution in [2.24, 2.45) is 28.6 Å². The number of unbranched alkanes of at least 4 members (excludes halogenated alkanes) is 1. The number of carboxylic acids is 1. The molecule has 0 amide bonds. The van der Waals surface area contributed by atoms with Crippen LogP contribution in [0.5, 0.6) is 0 Å². The van der Waals surface area contributed by atoms with Gasteiger partial charge in [-0.3, -0.25) is 14.4 Å². The van der Waals surface area contributed by atoms with Crippen molar-refractivity contribution in [3.63, 3.8) is 0 Å². The number of rotatable bonds is 8. The molecule has 9 nitrogen and oxygen atoms in total. The Morgan fingerprint density at radius 2 is 1.78 bits per heavy atom. The Bertz CT molecular complexity index is 1250. The first-order chi connectivity index (χ1) is 19.5. The molecule has 10 atom stereocenters. The van der Waals surface area contributed by atoms with E-state index in [9.17, 15) is 19.2 Å². The van der Waals surface area contributed by atoms with Gasteiger partial charge in [-0.1, -0.05) is 13.8 Å². The van der Waals surface area contributed by atoms with Crippen LogP contribution in [0.3, 0.4) is 0 Å². The second kappa shape index (κ2) is 10.2. The van der Waals surface area contributed by atoms with Gasteiger partial charge in [0.2, 0.25) is 0 Å². The number of aliphatic carboxylic acids is 1. The van der Waals surface area contributed by atoms with Crippen LogP contribution in [0.25, 0.3) is 0 Å². The highest BCUT2D eigenvalue weighted by molar-refractivity contribution is 5.70. The third-order valence-electron chi connectivity index (χ3n) is 11.8. The highest BCUT2D eigenvalue weighted by Gasteiger charge is 2.84. The number of esters is 2. The highest BCUT2D eigenvalue weighted by Crippen LogP contribution is 2.78. The van der Waals surface area contributed by atoms with E-state index < -0.39 is 17.7 Å². The zero-order valence-electron chi connectivity index (χ0n) is 24.3. The fourth-order valence-corrected chi connectivity index (χ4v) is 9.98. The number of carboxylic acid groups (broad SMARTS) is 1. The second-order valence-corrected chi connectivity index (χ2v) is 13.7. The summed E-state index contributed by atoms with van der Waals surface area (Å²) in [6.45, 7) is 6.15. The van der Waals surface area contributed by atoms with Gasteiger partial charge in [0, 0.05) is 37.2 Å². The minimum absolute atomic E-state index is 0.0783. The summed E-state index contributed by atoms with van der Waals surface area (Å²) >= 11 is 0. The molecule has 4 unspecified atom stereocenters. The molecule has 6 rings (SSSR count). The van der Waals surface area contributed by atoms with Crippen LogP contribution in [0.15, 0.2) is 27.6 Å². The van der Waals surface area contributed by atoms with Crippen molar-refractivity contribution in [1.82, 2.24) is 0 Å². The zero-order chi connectivity index (χ0) is 29.2. The number of hydrogen-bond acceptors (Lipinski definition) is 8. The molecule has 9 heteroatoms. The van der Waals surface area contributed by atoms with Crippen LogP contribution >= 0.6 is 0 Å². The van der Waals surface area contributed by atoms with Crippen molar-refractivity contribution in [3.05, 3.63) is 34.4 Å². The van der Waals surface area contributed by atoms with Gasteiger partial charge in [0.05, 0.1) is 6.26 Å². The molecule has 1 aromatic heterocycles. The molecule has 1 aliphatic heterocycles. The molecule has 4 aliphatic carbocycles. The van der Waals surface area contributed by atoms with Crippen LogP contribution in [0.2, 0.25) is 0 Å². The van der Waals surface area contributed by atoms with Gasteiger partial charge in [-0.15, -0.1) is 0 Å². The Labute approximate surface area is 240 Å². The maximum atomic E-state index is 12.5. The average Bonchev–Trinajstić information content (AvgIpc) is 3.62. The van der Waals surface area contributed by atoms with Gasteiger partial charge in [0.25, 0.3) is 0 Å². The van der Waals surface area contributed by atoms with Crippen LogP contribution < -0.4 is 5.63 Å². The SMILES string of the molecule is CC(=O)OC1C2O[C@]23[C@@H]2CCC4CC(OC(=O)CCCCC(=O)O)CC[C@]4(C)[C@H]2CC[C@]3(C)[C@H]1c1ccc(=O)oc1. The van der Waals surface area contributed by atoms with Gasteiger partial charge in [-0.2, -0.15) is 0 Å². The molecule has 4 saturated carbocycles. The lowest BCUT2D eigenvalue weighted by Crippen LogP contribution is -2.58. The van der Waals surface area contributed by atoms with Crippen LogP contribution in [-0.4, -0.2) is 46.9 Å². The maximum absolute atomic E-state index is 12.5. The Kier molecular flexibility index (Phi) is 7.11. The molecule has 1 aromatic rings. The molecular weight excluding hydrogens is 528 g/mol. The summed E-state index contributed by atoms with van der Waals surface area (Å²) in [5.41, 5.74) is -0.0165. The number of epoxide rings is 1. The standard InChI is InChI=1S/C32H42O9/c1-18(33)39-28-27(19-8-11-25(36)38-17-19)31(3)15-13-22-23(32(31)29(28)41-32)10-9-20-16-21(12-14-30(20,22)2)40-26(37)7-5-4-6-24(34)35/h8,11,17,20-23,27-29H,4-7,9-10,12-16H2,1-3H3,(H,34,35)/t20?,21?,22-,23+,27-,28?,29?,30-,31+,32+/m0/s1. The molecule has 2 heterocycles. The normalized spacial score (nSPS) is 42.2. The van der Waals surface area contributed by atoms with E-state index in [0.29, 0.717) is 30.6 Å². The predicted molar refractivity (Wildman–Crippen MR) is 146 cm³/mol. The van der Waals surface area contributed by atoms with Crippen molar-refractivity contribution in [1.29, 1.82) is 0 Å². The Morgan fingerprint density at radius 1 is 1.00 bits per heavy atom. The topological polar surface area (TPSA) is 133 Å². The first-order valence-corrected chi connectivity index (χ1v) is 15.3. The third kappa shape index (κ3) is 4.54. The quantitative estimate of drug-likeness (QED) is 0.261. The lowest BCUT2D eigenvalue weighted by molar-refractivity contribution is -0.168. The largest absolute Gasteiger partial charge is 0.481 e. The second-order valence-electron chi connectivity index (χ2n) is 13.7.